The van der Waals surface area contributed by atoms with Gasteiger partial charge >= 0.3 is 0 Å². The van der Waals surface area contributed by atoms with Gasteiger partial charge in [0.1, 0.15) is 0 Å². The zero-order chi connectivity index (χ0) is 67.3. The minimum Gasteiger partial charge on any atom is -0.355 e. The number of anilines is 5. The van der Waals surface area contributed by atoms with Crippen molar-refractivity contribution in [1.82, 2.24) is 0 Å². The van der Waals surface area contributed by atoms with Gasteiger partial charge in [0.05, 0.1) is 16.5 Å². The Bertz CT molecular complexity index is 5620. The lowest BCUT2D eigenvalue weighted by molar-refractivity contribution is 0.793. The first-order chi connectivity index (χ1) is 50.0. The number of fused-ring (bicyclic) bond motifs is 20. The van der Waals surface area contributed by atoms with E-state index in [1.807, 2.05) is 6.07 Å². The molecule has 0 aromatic heterocycles. The van der Waals surface area contributed by atoms with Gasteiger partial charge in [-0.1, -0.05) is 356 Å². The maximum absolute atomic E-state index is 3.78. The summed E-state index contributed by atoms with van der Waals surface area (Å²) in [6, 6.07) is 145. The smallest absolute Gasteiger partial charge is 0.0726 e. The topological polar surface area (TPSA) is 15.3 Å². The molecule has 20 rings (SSSR count). The molecule has 3 heteroatoms. The van der Waals surface area contributed by atoms with Crippen LogP contribution in [-0.2, 0) is 10.8 Å². The van der Waals surface area contributed by atoms with E-state index >= 15 is 0 Å². The Kier molecular flexibility index (Phi) is 15.6. The van der Waals surface area contributed by atoms with Crippen molar-refractivity contribution in [3.8, 4) is 89.0 Å². The van der Waals surface area contributed by atoms with Crippen molar-refractivity contribution >= 4 is 44.4 Å². The Balaban J connectivity index is 0.000000126. The number of halogens is 1. The van der Waals surface area contributed by atoms with E-state index in [0.717, 1.165) is 32.9 Å². The molecule has 0 saturated carbocycles. The standard InChI is InChI=1S/C49H33N.C37H25N.C12H9Br/c1-3-15-34(16-4-1)35-27-29-37(30-28-35)50(48-26-14-10-19-39(48)36-17-5-2-6-18-36)38-31-32-43-42-22-9-13-25-46(42)49(47(43)33-38)44-23-11-7-20-40(44)41-21-8-12-24-45(41)49;1-2-12-25(13-3-1)27-14-7-11-21-36(27)38-26-22-23-31-30-17-6-10-20-34(30)37(35(31)24-26)32-18-8-4-15-28(32)29-16-5-9-19-33(29)37;13-12-8-6-11(7-9-12)10-4-2-1-3-5-10/h1-33H;1-24,38H;1-9H. The van der Waals surface area contributed by atoms with Crippen LogP contribution >= 0.6 is 15.9 Å². The van der Waals surface area contributed by atoms with Gasteiger partial charge in [0.25, 0.3) is 0 Å². The summed E-state index contributed by atoms with van der Waals surface area (Å²) in [4.78, 5) is 2.45. The first-order valence-corrected chi connectivity index (χ1v) is 35.5. The van der Waals surface area contributed by atoms with Crippen molar-refractivity contribution < 1.29 is 0 Å². The van der Waals surface area contributed by atoms with Crippen molar-refractivity contribution in [3.05, 3.63) is 449 Å². The molecular formula is C98H67BrN2. The summed E-state index contributed by atoms with van der Waals surface area (Å²) in [7, 11) is 0. The largest absolute Gasteiger partial charge is 0.355 e. The SMILES string of the molecule is Brc1ccc(-c2ccccc2)cc1.c1ccc(-c2ccc(N(c3ccc4c(c3)C3(c5ccccc5-c5ccccc53)c3ccccc3-4)c3ccccc3-c3ccccc3)cc2)cc1.c1ccc(-c2ccccc2Nc2ccc3c(c2)C2(c4ccccc4-c4ccccc42)c2ccccc2-3)cc1. The van der Waals surface area contributed by atoms with Crippen LogP contribution in [0.3, 0.4) is 0 Å². The van der Waals surface area contributed by atoms with Crippen molar-refractivity contribution in [2.75, 3.05) is 10.2 Å². The zero-order valence-corrected chi connectivity index (χ0v) is 57.0. The molecule has 101 heavy (non-hydrogen) atoms. The van der Waals surface area contributed by atoms with Crippen molar-refractivity contribution in [2.45, 2.75) is 10.8 Å². The average Bonchev–Trinajstić information content (AvgIpc) is 1.52. The van der Waals surface area contributed by atoms with E-state index < -0.39 is 5.41 Å². The lowest BCUT2D eigenvalue weighted by Gasteiger charge is -2.32. The third-order valence-electron chi connectivity index (χ3n) is 20.9. The Labute approximate surface area is 599 Å². The van der Waals surface area contributed by atoms with E-state index in [2.05, 4.69) is 420 Å². The maximum atomic E-state index is 3.78. The Morgan fingerprint density at radius 1 is 0.208 bits per heavy atom. The summed E-state index contributed by atoms with van der Waals surface area (Å²) in [6.45, 7) is 0. The molecule has 0 amide bonds. The molecule has 0 bridgehead atoms. The minimum absolute atomic E-state index is 0.324. The van der Waals surface area contributed by atoms with Gasteiger partial charge < -0.3 is 10.2 Å². The highest BCUT2D eigenvalue weighted by Crippen LogP contribution is 2.65. The van der Waals surface area contributed by atoms with E-state index in [1.165, 1.54) is 134 Å². The highest BCUT2D eigenvalue weighted by atomic mass is 79.9. The molecule has 0 atom stereocenters. The molecular weight excluding hydrogens is 1280 g/mol. The molecule has 16 aromatic carbocycles. The Morgan fingerprint density at radius 2 is 0.505 bits per heavy atom. The molecule has 2 nitrogen and oxygen atoms in total. The van der Waals surface area contributed by atoms with Crippen LogP contribution in [0.15, 0.2) is 405 Å². The highest BCUT2D eigenvalue weighted by molar-refractivity contribution is 9.10. The molecule has 0 unspecified atom stereocenters. The second-order valence-electron chi connectivity index (χ2n) is 26.3. The van der Waals surface area contributed by atoms with E-state index in [9.17, 15) is 0 Å². The number of hydrogen-bond acceptors (Lipinski definition) is 2. The van der Waals surface area contributed by atoms with Gasteiger partial charge in [-0.05, 0) is 183 Å². The lowest BCUT2D eigenvalue weighted by Crippen LogP contribution is -2.26. The molecule has 476 valence electrons. The normalized spacial score (nSPS) is 12.8. The first-order valence-electron chi connectivity index (χ1n) is 34.7. The fourth-order valence-electron chi connectivity index (χ4n) is 16.7. The predicted octanol–water partition coefficient (Wildman–Crippen LogP) is 26.4. The molecule has 4 aliphatic carbocycles. The molecule has 16 aromatic rings. The van der Waals surface area contributed by atoms with Crippen LogP contribution in [-0.4, -0.2) is 0 Å². The quantitative estimate of drug-likeness (QED) is 0.155. The van der Waals surface area contributed by atoms with Crippen LogP contribution in [0.4, 0.5) is 28.4 Å². The molecule has 0 fully saturated rings. The number of nitrogens with one attached hydrogen (secondary N) is 1. The number of hydrogen-bond donors (Lipinski definition) is 1. The van der Waals surface area contributed by atoms with Crippen LogP contribution < -0.4 is 10.2 Å². The summed E-state index contributed by atoms with van der Waals surface area (Å²) in [5.41, 5.74) is 36.0. The molecule has 1 N–H and O–H groups in total. The van der Waals surface area contributed by atoms with Crippen LogP contribution in [0, 0.1) is 0 Å². The molecule has 2 spiro atoms. The lowest BCUT2D eigenvalue weighted by atomic mass is 9.70. The Morgan fingerprint density at radius 3 is 0.941 bits per heavy atom. The third kappa shape index (κ3) is 10.3. The van der Waals surface area contributed by atoms with Crippen LogP contribution in [0.2, 0.25) is 0 Å². The second kappa shape index (κ2) is 25.8. The molecule has 0 radical (unpaired) electrons. The van der Waals surface area contributed by atoms with E-state index in [1.54, 1.807) is 0 Å². The van der Waals surface area contributed by atoms with Gasteiger partial charge in [0.15, 0.2) is 0 Å². The van der Waals surface area contributed by atoms with Gasteiger partial charge in [0, 0.05) is 38.3 Å². The maximum Gasteiger partial charge on any atom is 0.0726 e. The Hall–Kier alpha value is -12.4. The van der Waals surface area contributed by atoms with Crippen LogP contribution in [0.5, 0.6) is 0 Å². The number of benzene rings is 16. The second-order valence-corrected chi connectivity index (χ2v) is 27.2. The summed E-state index contributed by atoms with van der Waals surface area (Å²) in [5.74, 6) is 0. The monoisotopic (exact) mass is 1350 g/mol. The average molecular weight is 1350 g/mol. The van der Waals surface area contributed by atoms with E-state index in [-0.39, 0.29) is 5.41 Å². The fourth-order valence-corrected chi connectivity index (χ4v) is 16.9. The third-order valence-corrected chi connectivity index (χ3v) is 21.5. The van der Waals surface area contributed by atoms with Crippen molar-refractivity contribution in [3.63, 3.8) is 0 Å². The molecule has 0 heterocycles. The van der Waals surface area contributed by atoms with Gasteiger partial charge in [0.2, 0.25) is 0 Å². The molecule has 0 aliphatic heterocycles. The van der Waals surface area contributed by atoms with Crippen LogP contribution in [0.25, 0.3) is 89.0 Å². The van der Waals surface area contributed by atoms with Gasteiger partial charge in [-0.15, -0.1) is 0 Å². The summed E-state index contributed by atoms with van der Waals surface area (Å²) in [6.07, 6.45) is 0. The summed E-state index contributed by atoms with van der Waals surface area (Å²) >= 11 is 3.42. The first kappa shape index (κ1) is 61.0. The van der Waals surface area contributed by atoms with Crippen molar-refractivity contribution in [2.24, 2.45) is 0 Å². The summed E-state index contributed by atoms with van der Waals surface area (Å²) < 4.78 is 1.12. The molecule has 4 aliphatic rings. The number of rotatable bonds is 9. The van der Waals surface area contributed by atoms with Crippen LogP contribution in [0.1, 0.15) is 44.5 Å². The number of nitrogens with zero attached hydrogens (tertiary/aromatic N) is 1. The van der Waals surface area contributed by atoms with Gasteiger partial charge in [-0.25, -0.2) is 0 Å². The zero-order valence-electron chi connectivity index (χ0n) is 55.4. The minimum atomic E-state index is -0.406. The van der Waals surface area contributed by atoms with Gasteiger partial charge in [-0.2, -0.15) is 0 Å². The predicted molar refractivity (Wildman–Crippen MR) is 426 cm³/mol. The summed E-state index contributed by atoms with van der Waals surface area (Å²) in [5, 5.41) is 3.78. The number of para-hydroxylation sites is 2. The molecule has 0 saturated heterocycles. The van der Waals surface area contributed by atoms with E-state index in [4.69, 9.17) is 0 Å². The van der Waals surface area contributed by atoms with Gasteiger partial charge in [-0.3, -0.25) is 0 Å². The van der Waals surface area contributed by atoms with E-state index in [0.29, 0.717) is 0 Å². The highest BCUT2D eigenvalue weighted by Gasteiger charge is 2.53. The fraction of sp³-hybridized carbons (Fsp3) is 0.0204. The van der Waals surface area contributed by atoms with Crippen molar-refractivity contribution in [1.29, 1.82) is 0 Å².